The van der Waals surface area contributed by atoms with Crippen LogP contribution >= 0.6 is 0 Å². The summed E-state index contributed by atoms with van der Waals surface area (Å²) in [5, 5.41) is 15.7. The highest BCUT2D eigenvalue weighted by Gasteiger charge is 2.64. The first kappa shape index (κ1) is 43.6. The SMILES string of the molecule is COc1ccc2c(O[C@@H]3C[C@H]4C(=O)N[C@]5(C(=O)NS(=O)(=O)C6(CF)CC6)C[C@H]5C=CCC[C@@H](C)C[C@@H](C)[C@H](NC(=O)O)C(=O)N4C3)cc(-c3ccc(OC(C)C)cc3)nc2c1. The molecule has 1 saturated heterocycles. The van der Waals surface area contributed by atoms with Gasteiger partial charge in [-0.25, -0.2) is 22.6 Å². The largest absolute Gasteiger partial charge is 0.497 e. The first-order valence-corrected chi connectivity index (χ1v) is 22.3. The van der Waals surface area contributed by atoms with E-state index in [1.54, 1.807) is 44.4 Å². The standard InChI is InChI=1S/C44H54FN5O10S/c1-25(2)59-30-12-10-28(11-13-30)34-21-37(33-15-14-31(58-5)19-35(33)46-34)60-32-20-36-39(51)48-44(41(53)49-61(56,57)43(24-45)16-17-43)22-29(44)9-7-6-8-26(3)18-27(4)38(47-42(54)55)40(52)50(36)23-32/h7,9-15,19,21,25-27,29,32,36,38,47H,6,8,16-18,20,22-24H2,1-5H3,(H,48,51)(H,49,53)(H,54,55)/t26-,27-,29-,32-,36+,38+,44-/m1/s1. The fraction of sp³-hybridized carbons (Fsp3) is 0.523. The number of ether oxygens (including phenoxy) is 3. The van der Waals surface area contributed by atoms with Crippen LogP contribution in [0.4, 0.5) is 9.18 Å². The molecular formula is C44H54FN5O10S. The van der Waals surface area contributed by atoms with E-state index in [4.69, 9.17) is 19.2 Å². The van der Waals surface area contributed by atoms with Gasteiger partial charge >= 0.3 is 6.09 Å². The summed E-state index contributed by atoms with van der Waals surface area (Å²) in [5.74, 6) is -1.67. The summed E-state index contributed by atoms with van der Waals surface area (Å²) in [4.78, 5) is 61.5. The van der Waals surface area contributed by atoms with Gasteiger partial charge in [-0.1, -0.05) is 26.0 Å². The fourth-order valence-electron chi connectivity index (χ4n) is 8.59. The van der Waals surface area contributed by atoms with Crippen LogP contribution in [0.25, 0.3) is 22.2 Å². The molecule has 61 heavy (non-hydrogen) atoms. The zero-order valence-electron chi connectivity index (χ0n) is 35.0. The third-order valence-electron chi connectivity index (χ3n) is 12.3. The minimum absolute atomic E-state index is 0.0164. The third kappa shape index (κ3) is 9.12. The highest BCUT2D eigenvalue weighted by Crippen LogP contribution is 2.48. The van der Waals surface area contributed by atoms with Gasteiger partial charge in [0.25, 0.3) is 5.91 Å². The maximum Gasteiger partial charge on any atom is 0.405 e. The molecule has 2 aromatic carbocycles. The Bertz CT molecular complexity index is 2320. The first-order chi connectivity index (χ1) is 29.0. The van der Waals surface area contributed by atoms with Crippen LogP contribution in [0.5, 0.6) is 17.2 Å². The lowest BCUT2D eigenvalue weighted by Gasteiger charge is -2.32. The van der Waals surface area contributed by atoms with Crippen molar-refractivity contribution in [3.8, 4) is 28.5 Å². The Labute approximate surface area is 354 Å². The van der Waals surface area contributed by atoms with Crippen molar-refractivity contribution in [1.29, 1.82) is 0 Å². The van der Waals surface area contributed by atoms with Crippen molar-refractivity contribution < 1.29 is 51.3 Å². The number of carboxylic acid groups (broad SMARTS) is 1. The Balaban J connectivity index is 1.24. The van der Waals surface area contributed by atoms with Crippen LogP contribution in [-0.2, 0) is 24.4 Å². The maximum atomic E-state index is 14.6. The number of nitrogens with zero attached hydrogens (tertiary/aromatic N) is 2. The van der Waals surface area contributed by atoms with Gasteiger partial charge in [0.1, 0.15) is 52.4 Å². The summed E-state index contributed by atoms with van der Waals surface area (Å²) < 4.78 is 58.8. The van der Waals surface area contributed by atoms with Crippen molar-refractivity contribution in [3.63, 3.8) is 0 Å². The monoisotopic (exact) mass is 863 g/mol. The molecule has 17 heteroatoms. The number of carbonyl (C=O) groups excluding carboxylic acids is 3. The van der Waals surface area contributed by atoms with Crippen LogP contribution in [0.2, 0.25) is 0 Å². The molecule has 2 aliphatic heterocycles. The topological polar surface area (TPSA) is 203 Å². The number of carbonyl (C=O) groups is 4. The van der Waals surface area contributed by atoms with Crippen LogP contribution in [-0.4, -0.2) is 102 Å². The average molecular weight is 864 g/mol. The minimum Gasteiger partial charge on any atom is -0.497 e. The van der Waals surface area contributed by atoms with E-state index < -0.39 is 80.8 Å². The second-order valence-electron chi connectivity index (χ2n) is 17.3. The van der Waals surface area contributed by atoms with Gasteiger partial charge in [-0.3, -0.25) is 19.1 Å². The zero-order chi connectivity index (χ0) is 43.9. The molecule has 15 nitrogen and oxygen atoms in total. The van der Waals surface area contributed by atoms with E-state index in [1.165, 1.54) is 4.90 Å². The molecule has 4 aliphatic rings. The van der Waals surface area contributed by atoms with Crippen LogP contribution in [0.3, 0.4) is 0 Å². The predicted molar refractivity (Wildman–Crippen MR) is 224 cm³/mol. The van der Waals surface area contributed by atoms with E-state index in [9.17, 15) is 37.1 Å². The van der Waals surface area contributed by atoms with Crippen molar-refractivity contribution in [3.05, 3.63) is 60.7 Å². The van der Waals surface area contributed by atoms with Crippen molar-refractivity contribution in [2.24, 2.45) is 17.8 Å². The van der Waals surface area contributed by atoms with Crippen LogP contribution in [0.1, 0.15) is 72.6 Å². The molecule has 3 aromatic rings. The number of allylic oxidation sites excluding steroid dienone is 1. The first-order valence-electron chi connectivity index (χ1n) is 20.8. The normalized spacial score (nSPS) is 27.5. The van der Waals surface area contributed by atoms with Gasteiger partial charge in [0.05, 0.1) is 31.0 Å². The van der Waals surface area contributed by atoms with E-state index in [2.05, 4.69) is 15.4 Å². The molecule has 2 saturated carbocycles. The second-order valence-corrected chi connectivity index (χ2v) is 19.4. The van der Waals surface area contributed by atoms with Gasteiger partial charge in [0, 0.05) is 35.4 Å². The van der Waals surface area contributed by atoms with E-state index >= 15 is 0 Å². The molecule has 1 aromatic heterocycles. The van der Waals surface area contributed by atoms with Crippen LogP contribution in [0, 0.1) is 17.8 Å². The van der Waals surface area contributed by atoms with Gasteiger partial charge in [-0.2, -0.15) is 0 Å². The molecular weight excluding hydrogens is 810 g/mol. The number of halogens is 1. The minimum atomic E-state index is -4.41. The van der Waals surface area contributed by atoms with Gasteiger partial charge in [-0.15, -0.1) is 0 Å². The summed E-state index contributed by atoms with van der Waals surface area (Å²) in [6.45, 7) is 6.40. The predicted octanol–water partition coefficient (Wildman–Crippen LogP) is 5.52. The number of rotatable bonds is 11. The Morgan fingerprint density at radius 2 is 1.79 bits per heavy atom. The van der Waals surface area contributed by atoms with Crippen molar-refractivity contribution >= 4 is 44.7 Å². The van der Waals surface area contributed by atoms with E-state index in [0.717, 1.165) is 5.56 Å². The number of aromatic nitrogens is 1. The number of sulfonamides is 1. The average Bonchev–Trinajstić information content (AvgIpc) is 4.12. The lowest BCUT2D eigenvalue weighted by atomic mass is 9.88. The third-order valence-corrected chi connectivity index (χ3v) is 14.5. The molecule has 328 valence electrons. The van der Waals surface area contributed by atoms with Gasteiger partial charge in [-0.05, 0) is 101 Å². The summed E-state index contributed by atoms with van der Waals surface area (Å²) >= 11 is 0. The molecule has 0 spiro atoms. The molecule has 0 unspecified atom stereocenters. The Morgan fingerprint density at radius 3 is 2.44 bits per heavy atom. The van der Waals surface area contributed by atoms with Crippen molar-refractivity contribution in [2.75, 3.05) is 20.3 Å². The highest BCUT2D eigenvalue weighted by atomic mass is 32.2. The number of amides is 4. The summed E-state index contributed by atoms with van der Waals surface area (Å²) in [6, 6.07) is 12.1. The Kier molecular flexibility index (Phi) is 12.3. The zero-order valence-corrected chi connectivity index (χ0v) is 35.8. The van der Waals surface area contributed by atoms with Crippen LogP contribution < -0.4 is 29.6 Å². The maximum absolute atomic E-state index is 14.6. The second kappa shape index (κ2) is 17.1. The highest BCUT2D eigenvalue weighted by molar-refractivity contribution is 7.91. The number of pyridine rings is 1. The summed E-state index contributed by atoms with van der Waals surface area (Å²) in [6.07, 6.45) is 3.38. The number of methoxy groups -OCH3 is 1. The summed E-state index contributed by atoms with van der Waals surface area (Å²) in [5.41, 5.74) is 0.200. The number of benzene rings is 2. The molecule has 7 rings (SSSR count). The van der Waals surface area contributed by atoms with E-state index in [0.29, 0.717) is 53.1 Å². The quantitative estimate of drug-likeness (QED) is 0.177. The molecule has 0 bridgehead atoms. The number of fused-ring (bicyclic) bond motifs is 3. The number of nitrogens with one attached hydrogen (secondary N) is 3. The molecule has 2 aliphatic carbocycles. The lowest BCUT2D eigenvalue weighted by Crippen LogP contribution is -2.59. The molecule has 0 radical (unpaired) electrons. The smallest absolute Gasteiger partial charge is 0.405 e. The molecule has 4 N–H and O–H groups in total. The summed E-state index contributed by atoms with van der Waals surface area (Å²) in [7, 11) is -2.87. The van der Waals surface area contributed by atoms with E-state index in [-0.39, 0.29) is 44.2 Å². The fourth-order valence-corrected chi connectivity index (χ4v) is 10.0. The van der Waals surface area contributed by atoms with Crippen LogP contribution in [0.15, 0.2) is 60.7 Å². The number of alkyl halides is 1. The van der Waals surface area contributed by atoms with E-state index in [1.807, 2.05) is 51.1 Å². The van der Waals surface area contributed by atoms with Gasteiger partial charge < -0.3 is 34.9 Å². The van der Waals surface area contributed by atoms with Gasteiger partial charge in [0.2, 0.25) is 21.8 Å². The molecule has 7 atom stereocenters. The van der Waals surface area contributed by atoms with Crippen molar-refractivity contribution in [1.82, 2.24) is 25.2 Å². The number of hydrogen-bond donors (Lipinski definition) is 4. The number of hydrogen-bond acceptors (Lipinski definition) is 10. The molecule has 3 heterocycles. The molecule has 3 fully saturated rings. The Morgan fingerprint density at radius 1 is 1.07 bits per heavy atom. The Hall–Kier alpha value is -5.45. The van der Waals surface area contributed by atoms with Crippen molar-refractivity contribution in [2.45, 2.75) is 107 Å². The molecule has 4 amide bonds. The van der Waals surface area contributed by atoms with Gasteiger partial charge in [0.15, 0.2) is 0 Å². The lowest BCUT2D eigenvalue weighted by molar-refractivity contribution is -0.142.